The summed E-state index contributed by atoms with van der Waals surface area (Å²) in [4.78, 5) is 18.6. The zero-order chi connectivity index (χ0) is 20.6. The Kier molecular flexibility index (Phi) is 5.91. The Morgan fingerprint density at radius 2 is 2.10 bits per heavy atom. The summed E-state index contributed by atoms with van der Waals surface area (Å²) in [6.45, 7) is 10.3. The maximum atomic E-state index is 12.5. The fraction of sp³-hybridized carbons (Fsp3) is 0.591. The van der Waals surface area contributed by atoms with Gasteiger partial charge in [0.2, 0.25) is 0 Å². The van der Waals surface area contributed by atoms with E-state index in [1.807, 2.05) is 26.8 Å². The van der Waals surface area contributed by atoms with Gasteiger partial charge in [-0.15, -0.1) is 0 Å². The van der Waals surface area contributed by atoms with Crippen molar-refractivity contribution in [2.75, 3.05) is 32.8 Å². The number of carbonyl (C=O) groups excluding carboxylic acids is 1. The molecule has 0 spiro atoms. The van der Waals surface area contributed by atoms with Crippen molar-refractivity contribution in [3.63, 3.8) is 0 Å². The van der Waals surface area contributed by atoms with Crippen LogP contribution >= 0.6 is 15.9 Å². The van der Waals surface area contributed by atoms with Crippen LogP contribution in [0, 0.1) is 5.92 Å². The molecule has 1 aliphatic carbocycles. The first-order chi connectivity index (χ1) is 13.8. The molecular weight excluding hydrogens is 434 g/mol. The first-order valence-electron chi connectivity index (χ1n) is 10.4. The van der Waals surface area contributed by atoms with E-state index >= 15 is 0 Å². The molecule has 1 saturated heterocycles. The van der Waals surface area contributed by atoms with Gasteiger partial charge in [-0.1, -0.05) is 15.9 Å². The van der Waals surface area contributed by atoms with E-state index in [0.29, 0.717) is 5.92 Å². The number of morpholine rings is 1. The molecule has 2 aliphatic rings. The fourth-order valence-corrected chi connectivity index (χ4v) is 4.81. The molecular formula is C22H30BrN3O3. The largest absolute Gasteiger partial charge is 0.444 e. The lowest BCUT2D eigenvalue weighted by Gasteiger charge is -2.35. The molecule has 1 amide bonds. The van der Waals surface area contributed by atoms with E-state index in [2.05, 4.69) is 43.3 Å². The molecule has 1 fully saturated rings. The summed E-state index contributed by atoms with van der Waals surface area (Å²) >= 11 is 3.60. The number of alkyl carbamates (subject to hydrolysis) is 1. The Labute approximate surface area is 180 Å². The van der Waals surface area contributed by atoms with Crippen LogP contribution in [-0.2, 0) is 15.9 Å². The standard InChI is InChI=1S/C22H30BrN3O3/c1-22(2,3)29-21(27)25-19-11-14(13-26-6-8-28-9-7-26)10-17-16-12-15(23)4-5-18(16)24-20(17)19/h4-5,12,14,19,24H,6-11,13H2,1-3H3,(H,25,27). The van der Waals surface area contributed by atoms with Gasteiger partial charge >= 0.3 is 6.09 Å². The normalized spacial score (nSPS) is 23.0. The third-order valence-electron chi connectivity index (χ3n) is 5.62. The van der Waals surface area contributed by atoms with Crippen LogP contribution in [0.25, 0.3) is 10.9 Å². The van der Waals surface area contributed by atoms with Gasteiger partial charge in [-0.2, -0.15) is 0 Å². The molecule has 1 aliphatic heterocycles. The zero-order valence-electron chi connectivity index (χ0n) is 17.4. The lowest BCUT2D eigenvalue weighted by atomic mass is 9.83. The number of rotatable bonds is 3. The van der Waals surface area contributed by atoms with Crippen LogP contribution < -0.4 is 5.32 Å². The van der Waals surface area contributed by atoms with Crippen molar-refractivity contribution in [1.82, 2.24) is 15.2 Å². The van der Waals surface area contributed by atoms with Crippen LogP contribution in [0.5, 0.6) is 0 Å². The highest BCUT2D eigenvalue weighted by atomic mass is 79.9. The SMILES string of the molecule is CC(C)(C)OC(=O)NC1CC(CN2CCOCC2)Cc2c1[nH]c1ccc(Br)cc21. The highest BCUT2D eigenvalue weighted by molar-refractivity contribution is 9.10. The molecule has 158 valence electrons. The number of amides is 1. The van der Waals surface area contributed by atoms with E-state index < -0.39 is 5.60 Å². The van der Waals surface area contributed by atoms with Crippen LogP contribution in [0.15, 0.2) is 22.7 Å². The van der Waals surface area contributed by atoms with Crippen LogP contribution in [0.2, 0.25) is 0 Å². The number of nitrogens with one attached hydrogen (secondary N) is 2. The molecule has 0 radical (unpaired) electrons. The van der Waals surface area contributed by atoms with Crippen LogP contribution in [0.4, 0.5) is 4.79 Å². The predicted molar refractivity (Wildman–Crippen MR) is 117 cm³/mol. The van der Waals surface area contributed by atoms with E-state index in [9.17, 15) is 4.79 Å². The average molecular weight is 464 g/mol. The van der Waals surface area contributed by atoms with Gasteiger partial charge in [0.1, 0.15) is 5.60 Å². The molecule has 4 rings (SSSR count). The number of H-pyrrole nitrogens is 1. The Hall–Kier alpha value is -1.57. The number of aromatic amines is 1. The predicted octanol–water partition coefficient (Wildman–Crippen LogP) is 4.39. The van der Waals surface area contributed by atoms with Gasteiger partial charge in [0, 0.05) is 40.7 Å². The molecule has 2 N–H and O–H groups in total. The van der Waals surface area contributed by atoms with Gasteiger partial charge in [0.15, 0.2) is 0 Å². The molecule has 1 aromatic heterocycles. The first-order valence-corrected chi connectivity index (χ1v) is 11.2. The van der Waals surface area contributed by atoms with E-state index in [4.69, 9.17) is 9.47 Å². The number of halogens is 1. The van der Waals surface area contributed by atoms with E-state index in [0.717, 1.165) is 61.4 Å². The molecule has 2 aromatic rings. The van der Waals surface area contributed by atoms with Gasteiger partial charge in [-0.3, -0.25) is 4.90 Å². The summed E-state index contributed by atoms with van der Waals surface area (Å²) in [7, 11) is 0. The van der Waals surface area contributed by atoms with E-state index in [-0.39, 0.29) is 12.1 Å². The zero-order valence-corrected chi connectivity index (χ0v) is 19.0. The van der Waals surface area contributed by atoms with Crippen molar-refractivity contribution >= 4 is 32.9 Å². The minimum atomic E-state index is -0.514. The summed E-state index contributed by atoms with van der Waals surface area (Å²) in [5.41, 5.74) is 3.02. The number of benzene rings is 1. The molecule has 6 nitrogen and oxygen atoms in total. The Morgan fingerprint density at radius 3 is 2.83 bits per heavy atom. The second-order valence-corrected chi connectivity index (χ2v) is 10.0. The average Bonchev–Trinajstić information content (AvgIpc) is 2.99. The number of nitrogens with zero attached hydrogens (tertiary/aromatic N) is 1. The van der Waals surface area contributed by atoms with Crippen molar-refractivity contribution in [2.45, 2.75) is 45.3 Å². The van der Waals surface area contributed by atoms with Crippen molar-refractivity contribution in [1.29, 1.82) is 0 Å². The molecule has 2 unspecified atom stereocenters. The highest BCUT2D eigenvalue weighted by Gasteiger charge is 2.33. The molecule has 1 aromatic carbocycles. The van der Waals surface area contributed by atoms with E-state index in [1.165, 1.54) is 10.9 Å². The van der Waals surface area contributed by atoms with Gasteiger partial charge in [-0.25, -0.2) is 4.79 Å². The number of hydrogen-bond acceptors (Lipinski definition) is 4. The topological polar surface area (TPSA) is 66.6 Å². The van der Waals surface area contributed by atoms with E-state index in [1.54, 1.807) is 0 Å². The maximum absolute atomic E-state index is 12.5. The summed E-state index contributed by atoms with van der Waals surface area (Å²) in [6.07, 6.45) is 1.55. The third kappa shape index (κ3) is 4.95. The molecule has 2 heterocycles. The van der Waals surface area contributed by atoms with Crippen molar-refractivity contribution in [2.24, 2.45) is 5.92 Å². The Bertz CT molecular complexity index is 883. The Balaban J connectivity index is 1.60. The lowest BCUT2D eigenvalue weighted by Crippen LogP contribution is -2.43. The van der Waals surface area contributed by atoms with Crippen LogP contribution in [0.1, 0.15) is 44.5 Å². The second kappa shape index (κ2) is 8.28. The number of carbonyl (C=O) groups is 1. The fourth-order valence-electron chi connectivity index (χ4n) is 4.45. The molecule has 2 atom stereocenters. The van der Waals surface area contributed by atoms with Crippen molar-refractivity contribution < 1.29 is 14.3 Å². The molecule has 0 bridgehead atoms. The molecule has 7 heteroatoms. The third-order valence-corrected chi connectivity index (χ3v) is 6.12. The minimum absolute atomic E-state index is 0.0779. The number of hydrogen-bond donors (Lipinski definition) is 2. The Morgan fingerprint density at radius 1 is 1.34 bits per heavy atom. The van der Waals surface area contributed by atoms with Crippen LogP contribution in [-0.4, -0.2) is 54.4 Å². The van der Waals surface area contributed by atoms with Crippen LogP contribution in [0.3, 0.4) is 0 Å². The van der Waals surface area contributed by atoms with Gasteiger partial charge in [0.05, 0.1) is 19.3 Å². The molecule has 0 saturated carbocycles. The molecule has 29 heavy (non-hydrogen) atoms. The monoisotopic (exact) mass is 463 g/mol. The van der Waals surface area contributed by atoms with Gasteiger partial charge in [-0.05, 0) is 63.3 Å². The lowest BCUT2D eigenvalue weighted by molar-refractivity contribution is 0.0278. The minimum Gasteiger partial charge on any atom is -0.444 e. The number of fused-ring (bicyclic) bond motifs is 3. The summed E-state index contributed by atoms with van der Waals surface area (Å²) in [5, 5.41) is 4.36. The first kappa shape index (κ1) is 20.7. The van der Waals surface area contributed by atoms with Gasteiger partial charge < -0.3 is 19.8 Å². The number of ether oxygens (including phenoxy) is 2. The summed E-state index contributed by atoms with van der Waals surface area (Å²) in [6, 6.07) is 6.24. The second-order valence-electron chi connectivity index (χ2n) is 9.12. The summed E-state index contributed by atoms with van der Waals surface area (Å²) in [5.74, 6) is 0.471. The van der Waals surface area contributed by atoms with Crippen molar-refractivity contribution in [3.8, 4) is 0 Å². The maximum Gasteiger partial charge on any atom is 0.408 e. The smallest absolute Gasteiger partial charge is 0.408 e. The quantitative estimate of drug-likeness (QED) is 0.707. The van der Waals surface area contributed by atoms with Crippen molar-refractivity contribution in [3.05, 3.63) is 33.9 Å². The number of aromatic nitrogens is 1. The summed E-state index contributed by atoms with van der Waals surface area (Å²) < 4.78 is 12.1. The highest BCUT2D eigenvalue weighted by Crippen LogP contribution is 2.38. The van der Waals surface area contributed by atoms with Gasteiger partial charge in [0.25, 0.3) is 0 Å².